The number of nitrogens with two attached hydrogens (primary N) is 1. The van der Waals surface area contributed by atoms with Crippen molar-refractivity contribution in [2.75, 3.05) is 6.54 Å². The highest BCUT2D eigenvalue weighted by Crippen LogP contribution is 2.25. The first-order valence-electron chi connectivity index (χ1n) is 6.27. The predicted molar refractivity (Wildman–Crippen MR) is 72.2 cm³/mol. The Kier molecular flexibility index (Phi) is 3.48. The third-order valence-electron chi connectivity index (χ3n) is 3.41. The maximum atomic E-state index is 5.56. The van der Waals surface area contributed by atoms with E-state index in [0.717, 1.165) is 24.9 Å². The highest BCUT2D eigenvalue weighted by atomic mass is 15.1. The van der Waals surface area contributed by atoms with Gasteiger partial charge in [0.1, 0.15) is 5.82 Å². The minimum Gasteiger partial charge on any atom is -0.331 e. The Balaban J connectivity index is 2.42. The number of rotatable bonds is 4. The first-order valence-corrected chi connectivity index (χ1v) is 6.27. The van der Waals surface area contributed by atoms with Gasteiger partial charge in [-0.3, -0.25) is 0 Å². The van der Waals surface area contributed by atoms with Gasteiger partial charge in [0.15, 0.2) is 0 Å². The van der Waals surface area contributed by atoms with E-state index in [-0.39, 0.29) is 0 Å². The van der Waals surface area contributed by atoms with Gasteiger partial charge in [-0.25, -0.2) is 4.98 Å². The molecular weight excluding hydrogens is 210 g/mol. The van der Waals surface area contributed by atoms with E-state index >= 15 is 0 Å². The molecule has 1 aromatic carbocycles. The summed E-state index contributed by atoms with van der Waals surface area (Å²) in [5.41, 5.74) is 9.20. The lowest BCUT2D eigenvalue weighted by Gasteiger charge is -2.11. The van der Waals surface area contributed by atoms with Crippen molar-refractivity contribution in [3.05, 3.63) is 29.6 Å². The van der Waals surface area contributed by atoms with Crippen LogP contribution < -0.4 is 5.73 Å². The number of aromatic nitrogens is 2. The molecule has 0 aliphatic carbocycles. The van der Waals surface area contributed by atoms with Crippen LogP contribution in [0.1, 0.15) is 37.1 Å². The highest BCUT2D eigenvalue weighted by molar-refractivity contribution is 5.79. The van der Waals surface area contributed by atoms with Crippen LogP contribution in [-0.2, 0) is 7.05 Å². The molecule has 0 aliphatic rings. The second-order valence-corrected chi connectivity index (χ2v) is 4.80. The quantitative estimate of drug-likeness (QED) is 0.879. The molecule has 3 nitrogen and oxygen atoms in total. The Morgan fingerprint density at radius 1 is 1.41 bits per heavy atom. The number of imidazole rings is 1. The molecule has 1 unspecified atom stereocenters. The van der Waals surface area contributed by atoms with Crippen LogP contribution in [0, 0.1) is 6.92 Å². The second kappa shape index (κ2) is 4.88. The van der Waals surface area contributed by atoms with E-state index in [1.54, 1.807) is 0 Å². The molecule has 0 spiro atoms. The smallest absolute Gasteiger partial charge is 0.112 e. The first kappa shape index (κ1) is 12.1. The molecule has 2 rings (SSSR count). The van der Waals surface area contributed by atoms with Gasteiger partial charge in [-0.1, -0.05) is 19.1 Å². The Morgan fingerprint density at radius 2 is 2.18 bits per heavy atom. The molecule has 2 aromatic rings. The normalized spacial score (nSPS) is 13.2. The third kappa shape index (κ3) is 2.20. The molecule has 92 valence electrons. The zero-order chi connectivity index (χ0) is 12.4. The standard InChI is InChI=1S/C14H21N3/c1-10-6-4-8-12-13(10)17(3)14(16-12)11(2)7-5-9-15/h4,6,8,11H,5,7,9,15H2,1-3H3. The lowest BCUT2D eigenvalue weighted by atomic mass is 10.1. The fraction of sp³-hybridized carbons (Fsp3) is 0.500. The number of nitrogens with zero attached hydrogens (tertiary/aromatic N) is 2. The van der Waals surface area contributed by atoms with Crippen LogP contribution in [0.4, 0.5) is 0 Å². The fourth-order valence-corrected chi connectivity index (χ4v) is 2.48. The second-order valence-electron chi connectivity index (χ2n) is 4.80. The molecule has 1 atom stereocenters. The Labute approximate surface area is 103 Å². The van der Waals surface area contributed by atoms with E-state index in [2.05, 4.69) is 43.7 Å². The van der Waals surface area contributed by atoms with Crippen molar-refractivity contribution in [1.82, 2.24) is 9.55 Å². The zero-order valence-corrected chi connectivity index (χ0v) is 10.9. The van der Waals surface area contributed by atoms with Crippen molar-refractivity contribution in [2.24, 2.45) is 12.8 Å². The third-order valence-corrected chi connectivity index (χ3v) is 3.41. The molecule has 0 saturated heterocycles. The van der Waals surface area contributed by atoms with Crippen molar-refractivity contribution in [3.63, 3.8) is 0 Å². The van der Waals surface area contributed by atoms with Gasteiger partial charge in [-0.2, -0.15) is 0 Å². The summed E-state index contributed by atoms with van der Waals surface area (Å²) >= 11 is 0. The molecule has 2 N–H and O–H groups in total. The SMILES string of the molecule is Cc1cccc2nc(C(C)CCCN)n(C)c12. The Bertz CT molecular complexity index is 513. The summed E-state index contributed by atoms with van der Waals surface area (Å²) in [7, 11) is 2.11. The average molecular weight is 231 g/mol. The molecule has 0 saturated carbocycles. The monoisotopic (exact) mass is 231 g/mol. The van der Waals surface area contributed by atoms with Crippen LogP contribution in [0.2, 0.25) is 0 Å². The lowest BCUT2D eigenvalue weighted by Crippen LogP contribution is -2.06. The number of fused-ring (bicyclic) bond motifs is 1. The van der Waals surface area contributed by atoms with Crippen LogP contribution in [0.3, 0.4) is 0 Å². The number of para-hydroxylation sites is 1. The van der Waals surface area contributed by atoms with Crippen LogP contribution in [0.15, 0.2) is 18.2 Å². The summed E-state index contributed by atoms with van der Waals surface area (Å²) in [5.74, 6) is 1.64. The maximum absolute atomic E-state index is 5.56. The van der Waals surface area contributed by atoms with E-state index in [0.29, 0.717) is 5.92 Å². The largest absolute Gasteiger partial charge is 0.331 e. The minimum absolute atomic E-state index is 0.468. The molecule has 0 amide bonds. The number of aryl methyl sites for hydroxylation is 2. The molecule has 1 heterocycles. The molecule has 3 heteroatoms. The van der Waals surface area contributed by atoms with Gasteiger partial charge in [-0.15, -0.1) is 0 Å². The fourth-order valence-electron chi connectivity index (χ4n) is 2.48. The van der Waals surface area contributed by atoms with Crippen LogP contribution in [-0.4, -0.2) is 16.1 Å². The summed E-state index contributed by atoms with van der Waals surface area (Å²) in [5, 5.41) is 0. The molecular formula is C14H21N3. The maximum Gasteiger partial charge on any atom is 0.112 e. The van der Waals surface area contributed by atoms with Gasteiger partial charge in [0.25, 0.3) is 0 Å². The number of hydrogen-bond acceptors (Lipinski definition) is 2. The zero-order valence-electron chi connectivity index (χ0n) is 10.9. The topological polar surface area (TPSA) is 43.8 Å². The summed E-state index contributed by atoms with van der Waals surface area (Å²) in [6, 6.07) is 6.29. The van der Waals surface area contributed by atoms with E-state index in [1.165, 1.54) is 16.9 Å². The molecule has 0 aliphatic heterocycles. The number of hydrogen-bond donors (Lipinski definition) is 1. The Morgan fingerprint density at radius 3 is 2.82 bits per heavy atom. The van der Waals surface area contributed by atoms with Gasteiger partial charge in [0.05, 0.1) is 11.0 Å². The molecule has 0 radical (unpaired) electrons. The van der Waals surface area contributed by atoms with Gasteiger partial charge < -0.3 is 10.3 Å². The van der Waals surface area contributed by atoms with Gasteiger partial charge >= 0.3 is 0 Å². The van der Waals surface area contributed by atoms with Gasteiger partial charge in [0.2, 0.25) is 0 Å². The van der Waals surface area contributed by atoms with Gasteiger partial charge in [-0.05, 0) is 37.9 Å². The lowest BCUT2D eigenvalue weighted by molar-refractivity contribution is 0.591. The molecule has 17 heavy (non-hydrogen) atoms. The predicted octanol–water partition coefficient (Wildman–Crippen LogP) is 2.72. The van der Waals surface area contributed by atoms with E-state index in [4.69, 9.17) is 10.7 Å². The van der Waals surface area contributed by atoms with Crippen LogP contribution >= 0.6 is 0 Å². The van der Waals surface area contributed by atoms with Gasteiger partial charge in [0, 0.05) is 13.0 Å². The van der Waals surface area contributed by atoms with Crippen LogP contribution in [0.5, 0.6) is 0 Å². The molecule has 0 bridgehead atoms. The van der Waals surface area contributed by atoms with Crippen molar-refractivity contribution in [1.29, 1.82) is 0 Å². The number of benzene rings is 1. The van der Waals surface area contributed by atoms with Crippen LogP contribution in [0.25, 0.3) is 11.0 Å². The summed E-state index contributed by atoms with van der Waals surface area (Å²) in [6.07, 6.45) is 2.16. The van der Waals surface area contributed by atoms with Crippen molar-refractivity contribution < 1.29 is 0 Å². The highest BCUT2D eigenvalue weighted by Gasteiger charge is 2.14. The van der Waals surface area contributed by atoms with Crippen molar-refractivity contribution in [3.8, 4) is 0 Å². The molecule has 1 aromatic heterocycles. The van der Waals surface area contributed by atoms with Crippen molar-refractivity contribution in [2.45, 2.75) is 32.6 Å². The Hall–Kier alpha value is -1.35. The van der Waals surface area contributed by atoms with E-state index in [1.807, 2.05) is 0 Å². The first-order chi connectivity index (χ1) is 8.15. The van der Waals surface area contributed by atoms with Crippen molar-refractivity contribution >= 4 is 11.0 Å². The summed E-state index contributed by atoms with van der Waals surface area (Å²) in [4.78, 5) is 4.75. The van der Waals surface area contributed by atoms with E-state index < -0.39 is 0 Å². The minimum atomic E-state index is 0.468. The average Bonchev–Trinajstić information content (AvgIpc) is 2.65. The molecule has 0 fully saturated rings. The summed E-state index contributed by atoms with van der Waals surface area (Å²) in [6.45, 7) is 5.12. The van der Waals surface area contributed by atoms with E-state index in [9.17, 15) is 0 Å². The summed E-state index contributed by atoms with van der Waals surface area (Å²) < 4.78 is 2.23.